The van der Waals surface area contributed by atoms with Crippen molar-refractivity contribution in [3.63, 3.8) is 0 Å². The largest absolute Gasteiger partial charge is 0.508 e. The van der Waals surface area contributed by atoms with Crippen molar-refractivity contribution in [2.75, 3.05) is 22.5 Å². The van der Waals surface area contributed by atoms with Crippen LogP contribution in [-0.4, -0.2) is 46.7 Å². The SMILES string of the molecule is COc1cc(O)cc(Nc2nc3ccccc3nc2NS(=O)(=O)c2cccc(NC(=O)c3ccnnc3)c2)c1. The molecule has 0 spiro atoms. The number of nitrogens with zero attached hydrogens (tertiary/aromatic N) is 4. The standard InChI is InChI=1S/C26H21N7O5S/c1-38-20-12-18(11-19(34)14-20)29-24-25(32-23-8-3-2-7-22(23)31-24)33-39(36,37)21-6-4-5-17(13-21)30-26(35)16-9-10-27-28-15-16/h2-15,34H,1H3,(H,29,31)(H,30,35)(H,32,33). The quantitative estimate of drug-likeness (QED) is 0.225. The summed E-state index contributed by atoms with van der Waals surface area (Å²) in [4.78, 5) is 21.4. The van der Waals surface area contributed by atoms with Gasteiger partial charge >= 0.3 is 0 Å². The van der Waals surface area contributed by atoms with Crippen LogP contribution >= 0.6 is 0 Å². The van der Waals surface area contributed by atoms with Crippen molar-refractivity contribution in [2.24, 2.45) is 0 Å². The molecule has 3 aromatic carbocycles. The summed E-state index contributed by atoms with van der Waals surface area (Å²) in [6.07, 6.45) is 2.68. The number of benzene rings is 3. The van der Waals surface area contributed by atoms with Crippen LogP contribution in [0, 0.1) is 0 Å². The summed E-state index contributed by atoms with van der Waals surface area (Å²) in [6, 6.07) is 18.7. The Bertz CT molecular complexity index is 1780. The molecule has 5 aromatic rings. The monoisotopic (exact) mass is 543 g/mol. The number of ether oxygens (including phenoxy) is 1. The molecule has 12 nitrogen and oxygen atoms in total. The lowest BCUT2D eigenvalue weighted by Gasteiger charge is -2.15. The van der Waals surface area contributed by atoms with E-state index in [9.17, 15) is 18.3 Å². The number of nitrogens with one attached hydrogen (secondary N) is 3. The Morgan fingerprint density at radius 3 is 2.36 bits per heavy atom. The van der Waals surface area contributed by atoms with Gasteiger partial charge in [-0.15, -0.1) is 0 Å². The van der Waals surface area contributed by atoms with Gasteiger partial charge in [0.05, 0.1) is 41.0 Å². The fraction of sp³-hybridized carbons (Fsp3) is 0.0385. The normalized spacial score (nSPS) is 11.1. The Morgan fingerprint density at radius 1 is 0.872 bits per heavy atom. The van der Waals surface area contributed by atoms with Crippen LogP contribution in [0.1, 0.15) is 10.4 Å². The summed E-state index contributed by atoms with van der Waals surface area (Å²) in [6.45, 7) is 0. The zero-order valence-electron chi connectivity index (χ0n) is 20.4. The van der Waals surface area contributed by atoms with Crippen molar-refractivity contribution in [1.82, 2.24) is 20.2 Å². The van der Waals surface area contributed by atoms with Crippen LogP contribution in [0.25, 0.3) is 11.0 Å². The van der Waals surface area contributed by atoms with Crippen molar-refractivity contribution >= 4 is 50.0 Å². The number of phenols is 1. The van der Waals surface area contributed by atoms with E-state index in [2.05, 4.69) is 35.5 Å². The van der Waals surface area contributed by atoms with E-state index in [1.807, 2.05) is 0 Å². The molecular formula is C26H21N7O5S. The van der Waals surface area contributed by atoms with E-state index in [4.69, 9.17) is 4.74 Å². The first-order valence-electron chi connectivity index (χ1n) is 11.4. The first-order chi connectivity index (χ1) is 18.8. The van der Waals surface area contributed by atoms with Gasteiger partial charge in [0.25, 0.3) is 15.9 Å². The number of carbonyl (C=O) groups is 1. The van der Waals surface area contributed by atoms with Gasteiger partial charge in [0.2, 0.25) is 0 Å². The van der Waals surface area contributed by atoms with Crippen LogP contribution in [0.2, 0.25) is 0 Å². The minimum Gasteiger partial charge on any atom is -0.508 e. The Kier molecular flexibility index (Phi) is 6.89. The van der Waals surface area contributed by atoms with E-state index in [0.29, 0.717) is 22.5 Å². The van der Waals surface area contributed by atoms with Gasteiger partial charge in [0.1, 0.15) is 11.5 Å². The van der Waals surface area contributed by atoms with Crippen molar-refractivity contribution in [2.45, 2.75) is 4.90 Å². The molecule has 1 amide bonds. The van der Waals surface area contributed by atoms with Gasteiger partial charge in [-0.05, 0) is 36.4 Å². The Morgan fingerprint density at radius 2 is 1.64 bits per heavy atom. The van der Waals surface area contributed by atoms with Gasteiger partial charge in [-0.25, -0.2) is 18.4 Å². The van der Waals surface area contributed by atoms with Gasteiger partial charge in [-0.2, -0.15) is 10.2 Å². The third-order valence-electron chi connectivity index (χ3n) is 5.44. The summed E-state index contributed by atoms with van der Waals surface area (Å²) in [5.41, 5.74) is 1.90. The third kappa shape index (κ3) is 5.83. The number of para-hydroxylation sites is 2. The van der Waals surface area contributed by atoms with E-state index < -0.39 is 15.9 Å². The highest BCUT2D eigenvalue weighted by Gasteiger charge is 2.20. The van der Waals surface area contributed by atoms with Crippen LogP contribution in [0.15, 0.2) is 90.1 Å². The van der Waals surface area contributed by atoms with E-state index in [1.54, 1.807) is 36.4 Å². The van der Waals surface area contributed by atoms with Gasteiger partial charge in [-0.1, -0.05) is 18.2 Å². The summed E-state index contributed by atoms with van der Waals surface area (Å²) in [7, 11) is -2.72. The summed E-state index contributed by atoms with van der Waals surface area (Å²) >= 11 is 0. The van der Waals surface area contributed by atoms with E-state index in [1.165, 1.54) is 55.9 Å². The number of phenolic OH excluding ortho intramolecular Hbond substituents is 1. The molecule has 0 aliphatic carbocycles. The number of sulfonamides is 1. The fourth-order valence-electron chi connectivity index (χ4n) is 3.62. The molecule has 196 valence electrons. The number of rotatable bonds is 8. The van der Waals surface area contributed by atoms with Crippen molar-refractivity contribution in [3.05, 3.63) is 90.8 Å². The van der Waals surface area contributed by atoms with Crippen LogP contribution in [0.5, 0.6) is 11.5 Å². The molecule has 0 saturated heterocycles. The van der Waals surface area contributed by atoms with Crippen LogP contribution in [0.3, 0.4) is 0 Å². The number of fused-ring (bicyclic) bond motifs is 1. The first-order valence-corrected chi connectivity index (χ1v) is 12.9. The molecule has 4 N–H and O–H groups in total. The van der Waals surface area contributed by atoms with Crippen molar-refractivity contribution in [1.29, 1.82) is 0 Å². The number of anilines is 4. The Labute approximate surface area is 222 Å². The zero-order valence-corrected chi connectivity index (χ0v) is 21.2. The summed E-state index contributed by atoms with van der Waals surface area (Å²) in [5, 5.41) is 23.0. The van der Waals surface area contributed by atoms with E-state index >= 15 is 0 Å². The molecule has 0 fully saturated rings. The van der Waals surface area contributed by atoms with E-state index in [0.717, 1.165) is 0 Å². The minimum atomic E-state index is -4.18. The fourth-order valence-corrected chi connectivity index (χ4v) is 4.68. The number of aromatic hydroxyl groups is 1. The summed E-state index contributed by atoms with van der Waals surface area (Å²) in [5.74, 6) is -0.127. The number of hydrogen-bond acceptors (Lipinski definition) is 10. The maximum atomic E-state index is 13.4. The average Bonchev–Trinajstić information content (AvgIpc) is 2.93. The van der Waals surface area contributed by atoms with Crippen molar-refractivity contribution in [3.8, 4) is 11.5 Å². The third-order valence-corrected chi connectivity index (χ3v) is 6.78. The van der Waals surface area contributed by atoms with Gasteiger partial charge in [0.15, 0.2) is 11.6 Å². The lowest BCUT2D eigenvalue weighted by atomic mass is 10.2. The topological polar surface area (TPSA) is 168 Å². The molecule has 0 radical (unpaired) electrons. The molecule has 0 bridgehead atoms. The molecular weight excluding hydrogens is 522 g/mol. The molecule has 5 rings (SSSR count). The minimum absolute atomic E-state index is 0.0610. The molecule has 0 saturated carbocycles. The smallest absolute Gasteiger partial charge is 0.263 e. The maximum absolute atomic E-state index is 13.4. The molecule has 2 heterocycles. The lowest BCUT2D eigenvalue weighted by Crippen LogP contribution is -2.17. The Balaban J connectivity index is 1.47. The number of methoxy groups -OCH3 is 1. The number of hydrogen-bond donors (Lipinski definition) is 4. The molecule has 0 atom stereocenters. The second kappa shape index (κ2) is 10.6. The maximum Gasteiger partial charge on any atom is 0.263 e. The lowest BCUT2D eigenvalue weighted by molar-refractivity contribution is 0.102. The second-order valence-corrected chi connectivity index (χ2v) is 9.86. The van der Waals surface area contributed by atoms with Gasteiger partial charge in [-0.3, -0.25) is 9.52 Å². The van der Waals surface area contributed by atoms with Crippen LogP contribution in [-0.2, 0) is 10.0 Å². The predicted molar refractivity (Wildman–Crippen MR) is 145 cm³/mol. The molecule has 0 aliphatic rings. The zero-order chi connectivity index (χ0) is 27.4. The second-order valence-electron chi connectivity index (χ2n) is 8.17. The number of amides is 1. The number of carbonyl (C=O) groups excluding carboxylic acids is 1. The highest BCUT2D eigenvalue weighted by molar-refractivity contribution is 7.92. The van der Waals surface area contributed by atoms with E-state index in [-0.39, 0.29) is 33.5 Å². The molecule has 39 heavy (non-hydrogen) atoms. The highest BCUT2D eigenvalue weighted by Crippen LogP contribution is 2.31. The van der Waals surface area contributed by atoms with Crippen molar-refractivity contribution < 1.29 is 23.1 Å². The van der Waals surface area contributed by atoms with Crippen LogP contribution < -0.4 is 20.1 Å². The number of aromatic nitrogens is 4. The van der Waals surface area contributed by atoms with Crippen LogP contribution in [0.4, 0.5) is 23.0 Å². The van der Waals surface area contributed by atoms with Gasteiger partial charge in [0, 0.05) is 29.6 Å². The predicted octanol–water partition coefficient (Wildman–Crippen LogP) is 3.93. The summed E-state index contributed by atoms with van der Waals surface area (Å²) < 4.78 is 34.5. The molecule has 0 aliphatic heterocycles. The van der Waals surface area contributed by atoms with Gasteiger partial charge < -0.3 is 20.5 Å². The molecule has 13 heteroatoms. The highest BCUT2D eigenvalue weighted by atomic mass is 32.2. The average molecular weight is 544 g/mol. The first kappa shape index (κ1) is 25.4. The molecule has 2 aromatic heterocycles. The molecule has 0 unspecified atom stereocenters. The Hall–Kier alpha value is -5.30.